The van der Waals surface area contributed by atoms with Crippen LogP contribution in [0.1, 0.15) is 31.2 Å². The van der Waals surface area contributed by atoms with E-state index in [1.54, 1.807) is 25.3 Å². The van der Waals surface area contributed by atoms with E-state index in [9.17, 15) is 4.79 Å². The van der Waals surface area contributed by atoms with Crippen LogP contribution in [0.5, 0.6) is 5.75 Å². The Morgan fingerprint density at radius 1 is 1.39 bits per heavy atom. The van der Waals surface area contributed by atoms with Crippen LogP contribution in [0.4, 0.5) is 4.79 Å². The third-order valence-corrected chi connectivity index (χ3v) is 4.72. The predicted molar refractivity (Wildman–Crippen MR) is 88.9 cm³/mol. The van der Waals surface area contributed by atoms with Gasteiger partial charge < -0.3 is 20.1 Å². The van der Waals surface area contributed by atoms with Crippen LogP contribution in [0, 0.1) is 5.92 Å². The number of rotatable bonds is 5. The van der Waals surface area contributed by atoms with Gasteiger partial charge in [0.1, 0.15) is 5.75 Å². The largest absolute Gasteiger partial charge is 0.496 e. The average Bonchev–Trinajstić information content (AvgIpc) is 3.38. The van der Waals surface area contributed by atoms with Gasteiger partial charge in [-0.2, -0.15) is 0 Å². The van der Waals surface area contributed by atoms with E-state index in [2.05, 4.69) is 10.6 Å². The Labute approximate surface area is 141 Å². The van der Waals surface area contributed by atoms with Crippen molar-refractivity contribution in [2.24, 2.45) is 5.92 Å². The van der Waals surface area contributed by atoms with E-state index in [0.29, 0.717) is 23.6 Å². The SMILES string of the molecule is COc1ccc(Cl)cc1CNC(=O)NC1CCOC(C2CC2)C1. The zero-order valence-electron chi connectivity index (χ0n) is 13.3. The minimum atomic E-state index is -0.159. The van der Waals surface area contributed by atoms with Gasteiger partial charge in [-0.05, 0) is 49.8 Å². The number of nitrogens with one attached hydrogen (secondary N) is 2. The van der Waals surface area contributed by atoms with Crippen LogP contribution >= 0.6 is 11.6 Å². The molecule has 1 saturated carbocycles. The third-order valence-electron chi connectivity index (χ3n) is 4.48. The first-order valence-corrected chi connectivity index (χ1v) is 8.52. The summed E-state index contributed by atoms with van der Waals surface area (Å²) in [5, 5.41) is 6.55. The first-order chi connectivity index (χ1) is 11.2. The first-order valence-electron chi connectivity index (χ1n) is 8.14. The van der Waals surface area contributed by atoms with Gasteiger partial charge in [-0.25, -0.2) is 4.79 Å². The number of benzene rings is 1. The molecule has 2 aliphatic rings. The fourth-order valence-electron chi connectivity index (χ4n) is 3.05. The molecule has 1 saturated heterocycles. The number of halogens is 1. The predicted octanol–water partition coefficient (Wildman–Crippen LogP) is 3.11. The summed E-state index contributed by atoms with van der Waals surface area (Å²) in [6, 6.07) is 5.40. The summed E-state index contributed by atoms with van der Waals surface area (Å²) >= 11 is 6.00. The highest BCUT2D eigenvalue weighted by Gasteiger charge is 2.36. The van der Waals surface area contributed by atoms with E-state index in [1.165, 1.54) is 12.8 Å². The van der Waals surface area contributed by atoms with Crippen molar-refractivity contribution in [3.63, 3.8) is 0 Å². The minimum Gasteiger partial charge on any atom is -0.496 e. The summed E-state index contributed by atoms with van der Waals surface area (Å²) < 4.78 is 11.1. The van der Waals surface area contributed by atoms with Crippen molar-refractivity contribution in [2.75, 3.05) is 13.7 Å². The number of hydrogen-bond donors (Lipinski definition) is 2. The Morgan fingerprint density at radius 2 is 2.22 bits per heavy atom. The molecule has 2 N–H and O–H groups in total. The van der Waals surface area contributed by atoms with Crippen molar-refractivity contribution in [1.82, 2.24) is 10.6 Å². The molecule has 2 unspecified atom stereocenters. The molecule has 126 valence electrons. The van der Waals surface area contributed by atoms with Gasteiger partial charge in [0.05, 0.1) is 13.2 Å². The molecule has 1 heterocycles. The quantitative estimate of drug-likeness (QED) is 0.867. The lowest BCUT2D eigenvalue weighted by atomic mass is 10.0. The fourth-order valence-corrected chi connectivity index (χ4v) is 3.25. The molecule has 0 aromatic heterocycles. The topological polar surface area (TPSA) is 59.6 Å². The smallest absolute Gasteiger partial charge is 0.315 e. The lowest BCUT2D eigenvalue weighted by Crippen LogP contribution is -2.46. The van der Waals surface area contributed by atoms with Gasteiger partial charge in [0, 0.05) is 29.8 Å². The Kier molecular flexibility index (Phi) is 5.28. The molecule has 1 aromatic rings. The summed E-state index contributed by atoms with van der Waals surface area (Å²) in [4.78, 5) is 12.1. The van der Waals surface area contributed by atoms with Crippen molar-refractivity contribution >= 4 is 17.6 Å². The Morgan fingerprint density at radius 3 is 2.96 bits per heavy atom. The van der Waals surface area contributed by atoms with E-state index in [4.69, 9.17) is 21.1 Å². The maximum atomic E-state index is 12.1. The summed E-state index contributed by atoms with van der Waals surface area (Å²) in [6.07, 6.45) is 4.63. The number of amides is 2. The zero-order valence-corrected chi connectivity index (χ0v) is 14.1. The molecule has 3 rings (SSSR count). The molecule has 0 spiro atoms. The Hall–Kier alpha value is -1.46. The number of carbonyl (C=O) groups is 1. The lowest BCUT2D eigenvalue weighted by molar-refractivity contribution is -0.00914. The van der Waals surface area contributed by atoms with E-state index >= 15 is 0 Å². The van der Waals surface area contributed by atoms with E-state index in [0.717, 1.165) is 30.8 Å². The summed E-state index contributed by atoms with van der Waals surface area (Å²) in [6.45, 7) is 1.11. The number of hydrogen-bond acceptors (Lipinski definition) is 3. The molecule has 23 heavy (non-hydrogen) atoms. The summed E-state index contributed by atoms with van der Waals surface area (Å²) in [5.74, 6) is 1.42. The van der Waals surface area contributed by atoms with E-state index in [1.807, 2.05) is 0 Å². The van der Waals surface area contributed by atoms with Crippen molar-refractivity contribution < 1.29 is 14.3 Å². The molecule has 2 amide bonds. The number of methoxy groups -OCH3 is 1. The van der Waals surface area contributed by atoms with Crippen LogP contribution in [-0.2, 0) is 11.3 Å². The number of ether oxygens (including phenoxy) is 2. The monoisotopic (exact) mass is 338 g/mol. The second-order valence-electron chi connectivity index (χ2n) is 6.25. The third kappa shape index (κ3) is 4.52. The molecule has 6 heteroatoms. The molecular weight excluding hydrogens is 316 g/mol. The molecule has 1 aliphatic heterocycles. The molecule has 1 aliphatic carbocycles. The van der Waals surface area contributed by atoms with Gasteiger partial charge in [0.25, 0.3) is 0 Å². The van der Waals surface area contributed by atoms with Crippen LogP contribution in [0.2, 0.25) is 5.02 Å². The second kappa shape index (κ2) is 7.41. The maximum Gasteiger partial charge on any atom is 0.315 e. The molecule has 2 atom stereocenters. The zero-order chi connectivity index (χ0) is 16.2. The number of urea groups is 1. The summed E-state index contributed by atoms with van der Waals surface area (Å²) in [7, 11) is 1.60. The van der Waals surface area contributed by atoms with Gasteiger partial charge >= 0.3 is 6.03 Å². The molecule has 5 nitrogen and oxygen atoms in total. The first kappa shape index (κ1) is 16.4. The Bertz CT molecular complexity index is 563. The van der Waals surface area contributed by atoms with Gasteiger partial charge in [0.15, 0.2) is 0 Å². The summed E-state index contributed by atoms with van der Waals surface area (Å²) in [5.41, 5.74) is 0.859. The van der Waals surface area contributed by atoms with Crippen molar-refractivity contribution in [2.45, 2.75) is 44.4 Å². The molecule has 2 fully saturated rings. The van der Waals surface area contributed by atoms with Crippen molar-refractivity contribution in [1.29, 1.82) is 0 Å². The van der Waals surface area contributed by atoms with Crippen LogP contribution in [0.25, 0.3) is 0 Å². The second-order valence-corrected chi connectivity index (χ2v) is 6.69. The highest BCUT2D eigenvalue weighted by Crippen LogP contribution is 2.38. The lowest BCUT2D eigenvalue weighted by Gasteiger charge is -2.30. The fraction of sp³-hybridized carbons (Fsp3) is 0.588. The molecule has 0 bridgehead atoms. The molecular formula is C17H23ClN2O3. The van der Waals surface area contributed by atoms with Crippen LogP contribution < -0.4 is 15.4 Å². The molecule has 1 aromatic carbocycles. The van der Waals surface area contributed by atoms with Crippen molar-refractivity contribution in [3.8, 4) is 5.75 Å². The average molecular weight is 339 g/mol. The standard InChI is InChI=1S/C17H23ClN2O3/c1-22-15-5-4-13(18)8-12(15)10-19-17(21)20-14-6-7-23-16(9-14)11-2-3-11/h4-5,8,11,14,16H,2-3,6-7,9-10H2,1H3,(H2,19,20,21). The van der Waals surface area contributed by atoms with Gasteiger partial charge in [-0.1, -0.05) is 11.6 Å². The van der Waals surface area contributed by atoms with Gasteiger partial charge in [-0.15, -0.1) is 0 Å². The van der Waals surface area contributed by atoms with Gasteiger partial charge in [0.2, 0.25) is 0 Å². The van der Waals surface area contributed by atoms with Crippen LogP contribution in [0.3, 0.4) is 0 Å². The number of carbonyl (C=O) groups excluding carboxylic acids is 1. The normalized spacial score (nSPS) is 24.1. The van der Waals surface area contributed by atoms with E-state index in [-0.39, 0.29) is 12.1 Å². The van der Waals surface area contributed by atoms with Gasteiger partial charge in [-0.3, -0.25) is 0 Å². The van der Waals surface area contributed by atoms with Crippen molar-refractivity contribution in [3.05, 3.63) is 28.8 Å². The highest BCUT2D eigenvalue weighted by atomic mass is 35.5. The molecule has 0 radical (unpaired) electrons. The Balaban J connectivity index is 1.48. The van der Waals surface area contributed by atoms with Crippen LogP contribution in [0.15, 0.2) is 18.2 Å². The maximum absolute atomic E-state index is 12.1. The van der Waals surface area contributed by atoms with Crippen LogP contribution in [-0.4, -0.2) is 31.9 Å². The minimum absolute atomic E-state index is 0.159. The highest BCUT2D eigenvalue weighted by molar-refractivity contribution is 6.30. The van der Waals surface area contributed by atoms with E-state index < -0.39 is 0 Å².